The number of aliphatic hydroxyl groups excluding tert-OH is 1. The first-order valence-corrected chi connectivity index (χ1v) is 7.21. The molecule has 3 heteroatoms. The molecule has 0 bridgehead atoms. The van der Waals surface area contributed by atoms with Crippen molar-refractivity contribution in [3.05, 3.63) is 35.9 Å². The topological polar surface area (TPSA) is 46.5 Å². The van der Waals surface area contributed by atoms with E-state index in [2.05, 4.69) is 0 Å². The predicted octanol–water partition coefficient (Wildman–Crippen LogP) is 3.21. The lowest BCUT2D eigenvalue weighted by molar-refractivity contribution is -0.130. The zero-order valence-corrected chi connectivity index (χ0v) is 12.9. The molecule has 3 nitrogen and oxygen atoms in total. The van der Waals surface area contributed by atoms with E-state index in [0.29, 0.717) is 19.6 Å². The molecule has 0 saturated carbocycles. The van der Waals surface area contributed by atoms with E-state index >= 15 is 0 Å². The Morgan fingerprint density at radius 1 is 1.30 bits per heavy atom. The van der Waals surface area contributed by atoms with Crippen LogP contribution in [0.1, 0.15) is 39.7 Å². The fourth-order valence-electron chi connectivity index (χ4n) is 2.27. The van der Waals surface area contributed by atoms with Gasteiger partial charge >= 0.3 is 0 Å². The number of ketones is 1. The normalized spacial score (nSPS) is 14.8. The summed E-state index contributed by atoms with van der Waals surface area (Å²) in [5.41, 5.74) is 0.662. The van der Waals surface area contributed by atoms with Gasteiger partial charge in [-0.25, -0.2) is 0 Å². The molecular weight excluding hydrogens is 252 g/mol. The Kier molecular flexibility index (Phi) is 6.37. The van der Waals surface area contributed by atoms with Gasteiger partial charge in [0, 0.05) is 17.8 Å². The average molecular weight is 278 g/mol. The van der Waals surface area contributed by atoms with Crippen LogP contribution in [0.15, 0.2) is 30.3 Å². The van der Waals surface area contributed by atoms with Crippen molar-refractivity contribution in [1.29, 1.82) is 0 Å². The summed E-state index contributed by atoms with van der Waals surface area (Å²) in [6, 6.07) is 9.93. The molecule has 0 fully saturated rings. The summed E-state index contributed by atoms with van der Waals surface area (Å²) in [6.07, 6.45) is -0.232. The maximum atomic E-state index is 11.7. The third-order valence-corrected chi connectivity index (χ3v) is 3.72. The van der Waals surface area contributed by atoms with Crippen molar-refractivity contribution in [1.82, 2.24) is 0 Å². The molecule has 0 saturated heterocycles. The van der Waals surface area contributed by atoms with Gasteiger partial charge in [-0.3, -0.25) is 4.79 Å². The molecule has 2 atom stereocenters. The van der Waals surface area contributed by atoms with Gasteiger partial charge in [0.25, 0.3) is 0 Å². The highest BCUT2D eigenvalue weighted by molar-refractivity contribution is 5.80. The molecule has 1 N–H and O–H groups in total. The summed E-state index contributed by atoms with van der Waals surface area (Å²) in [7, 11) is 0. The van der Waals surface area contributed by atoms with Crippen LogP contribution in [0.5, 0.6) is 0 Å². The Morgan fingerprint density at radius 3 is 2.45 bits per heavy atom. The second kappa shape index (κ2) is 7.55. The fourth-order valence-corrected chi connectivity index (χ4v) is 2.27. The molecule has 1 aromatic carbocycles. The molecule has 1 rings (SSSR count). The Hall–Kier alpha value is -1.19. The van der Waals surface area contributed by atoms with Crippen LogP contribution in [0, 0.1) is 11.3 Å². The lowest BCUT2D eigenvalue weighted by atomic mass is 9.79. The van der Waals surface area contributed by atoms with Crippen molar-refractivity contribution in [2.75, 3.05) is 6.61 Å². The van der Waals surface area contributed by atoms with Crippen LogP contribution in [-0.4, -0.2) is 23.6 Å². The van der Waals surface area contributed by atoms with Crippen LogP contribution in [0.25, 0.3) is 0 Å². The van der Waals surface area contributed by atoms with Crippen LogP contribution < -0.4 is 0 Å². The smallest absolute Gasteiger partial charge is 0.138 e. The minimum atomic E-state index is -0.689. The molecule has 0 aliphatic rings. The highest BCUT2D eigenvalue weighted by Crippen LogP contribution is 2.28. The number of aliphatic hydroxyl groups is 1. The number of rotatable bonds is 8. The largest absolute Gasteiger partial charge is 0.392 e. The molecule has 0 radical (unpaired) electrons. The zero-order chi connectivity index (χ0) is 15.2. The first-order valence-electron chi connectivity index (χ1n) is 7.21. The molecule has 0 aliphatic carbocycles. The first kappa shape index (κ1) is 16.9. The van der Waals surface area contributed by atoms with Crippen LogP contribution >= 0.6 is 0 Å². The summed E-state index contributed by atoms with van der Waals surface area (Å²) >= 11 is 0. The van der Waals surface area contributed by atoms with Crippen molar-refractivity contribution in [3.63, 3.8) is 0 Å². The first-order chi connectivity index (χ1) is 9.38. The van der Waals surface area contributed by atoms with E-state index in [-0.39, 0.29) is 11.7 Å². The van der Waals surface area contributed by atoms with Crippen molar-refractivity contribution in [2.45, 2.75) is 46.8 Å². The number of hydrogen-bond acceptors (Lipinski definition) is 3. The van der Waals surface area contributed by atoms with Gasteiger partial charge in [-0.2, -0.15) is 0 Å². The van der Waals surface area contributed by atoms with E-state index in [1.165, 1.54) is 0 Å². The molecule has 0 aliphatic heterocycles. The molecule has 20 heavy (non-hydrogen) atoms. The molecule has 0 unspecified atom stereocenters. The Morgan fingerprint density at radius 2 is 1.90 bits per heavy atom. The third-order valence-electron chi connectivity index (χ3n) is 3.72. The van der Waals surface area contributed by atoms with Gasteiger partial charge in [0.1, 0.15) is 5.78 Å². The number of Topliss-reactive ketones (excluding diaryl/α,β-unsaturated/α-hetero) is 1. The molecule has 0 heterocycles. The van der Waals surface area contributed by atoms with Gasteiger partial charge in [0.05, 0.1) is 19.3 Å². The Labute approximate surface area is 122 Å². The summed E-state index contributed by atoms with van der Waals surface area (Å²) in [5.74, 6) is -0.260. The minimum absolute atomic E-state index is 0.0913. The molecule has 0 spiro atoms. The molecule has 0 aromatic heterocycles. The average Bonchev–Trinajstić information content (AvgIpc) is 2.45. The number of ether oxygens (including phenoxy) is 1. The van der Waals surface area contributed by atoms with Crippen LogP contribution in [0.4, 0.5) is 0 Å². The molecule has 112 valence electrons. The predicted molar refractivity (Wildman–Crippen MR) is 80.3 cm³/mol. The van der Waals surface area contributed by atoms with Crippen molar-refractivity contribution >= 4 is 5.78 Å². The van der Waals surface area contributed by atoms with Crippen molar-refractivity contribution < 1.29 is 14.6 Å². The van der Waals surface area contributed by atoms with Gasteiger partial charge in [-0.05, 0) is 5.56 Å². The van der Waals surface area contributed by atoms with Crippen LogP contribution in [-0.2, 0) is 16.1 Å². The fraction of sp³-hybridized carbons (Fsp3) is 0.588. The van der Waals surface area contributed by atoms with E-state index in [1.807, 2.05) is 51.1 Å². The second-order valence-corrected chi connectivity index (χ2v) is 6.02. The lowest BCUT2D eigenvalue weighted by Crippen LogP contribution is -2.41. The number of carbonyl (C=O) groups excluding carboxylic acids is 1. The van der Waals surface area contributed by atoms with E-state index in [9.17, 15) is 9.90 Å². The minimum Gasteiger partial charge on any atom is -0.392 e. The van der Waals surface area contributed by atoms with Gasteiger partial charge in [-0.15, -0.1) is 0 Å². The number of benzene rings is 1. The lowest BCUT2D eigenvalue weighted by Gasteiger charge is -2.33. The van der Waals surface area contributed by atoms with Crippen molar-refractivity contribution in [2.24, 2.45) is 11.3 Å². The monoisotopic (exact) mass is 278 g/mol. The standard InChI is InChI=1S/C17H26O3/c1-5-15(18)13(2)16(19)17(3,4)12-20-11-14-9-7-6-8-10-14/h6-10,13,16,19H,5,11-12H2,1-4H3/t13-,16-/m1/s1. The number of carbonyl (C=O) groups is 1. The quantitative estimate of drug-likeness (QED) is 0.794. The number of hydrogen-bond donors (Lipinski definition) is 1. The van der Waals surface area contributed by atoms with Crippen LogP contribution in [0.2, 0.25) is 0 Å². The SMILES string of the molecule is CCC(=O)[C@@H](C)[C@@H](O)C(C)(C)COCc1ccccc1. The van der Waals surface area contributed by atoms with Gasteiger partial charge in [0.2, 0.25) is 0 Å². The Balaban J connectivity index is 2.50. The molecular formula is C17H26O3. The summed E-state index contributed by atoms with van der Waals surface area (Å²) in [5, 5.41) is 10.3. The van der Waals surface area contributed by atoms with Gasteiger partial charge in [-0.1, -0.05) is 58.0 Å². The molecule has 1 aromatic rings. The highest BCUT2D eigenvalue weighted by atomic mass is 16.5. The second-order valence-electron chi connectivity index (χ2n) is 6.02. The Bertz CT molecular complexity index is 412. The maximum absolute atomic E-state index is 11.7. The third kappa shape index (κ3) is 4.73. The summed E-state index contributed by atoms with van der Waals surface area (Å²) < 4.78 is 5.70. The van der Waals surface area contributed by atoms with Crippen molar-refractivity contribution in [3.8, 4) is 0 Å². The van der Waals surface area contributed by atoms with Gasteiger partial charge in [0.15, 0.2) is 0 Å². The van der Waals surface area contributed by atoms with Crippen LogP contribution in [0.3, 0.4) is 0 Å². The zero-order valence-electron chi connectivity index (χ0n) is 12.9. The van der Waals surface area contributed by atoms with E-state index < -0.39 is 11.5 Å². The molecule has 0 amide bonds. The van der Waals surface area contributed by atoms with E-state index in [0.717, 1.165) is 5.56 Å². The highest BCUT2D eigenvalue weighted by Gasteiger charge is 2.34. The summed E-state index contributed by atoms with van der Waals surface area (Å²) in [6.45, 7) is 8.42. The van der Waals surface area contributed by atoms with E-state index in [4.69, 9.17) is 4.74 Å². The van der Waals surface area contributed by atoms with Gasteiger partial charge < -0.3 is 9.84 Å². The van der Waals surface area contributed by atoms with E-state index in [1.54, 1.807) is 6.92 Å². The maximum Gasteiger partial charge on any atom is 0.138 e. The summed E-state index contributed by atoms with van der Waals surface area (Å²) in [4.78, 5) is 11.7.